The average molecular weight is 583 g/mol. The van der Waals surface area contributed by atoms with Gasteiger partial charge < -0.3 is 29.2 Å². The van der Waals surface area contributed by atoms with Gasteiger partial charge in [0.15, 0.2) is 0 Å². The Morgan fingerprint density at radius 1 is 1.12 bits per heavy atom. The molecule has 11 heteroatoms. The number of aromatic nitrogens is 6. The predicted molar refractivity (Wildman–Crippen MR) is 164 cm³/mol. The highest BCUT2D eigenvalue weighted by Crippen LogP contribution is 2.40. The van der Waals surface area contributed by atoms with Gasteiger partial charge in [-0.1, -0.05) is 0 Å². The minimum atomic E-state index is -0.0494. The molecule has 5 aromatic heterocycles. The zero-order valence-corrected chi connectivity index (χ0v) is 25.0. The van der Waals surface area contributed by atoms with E-state index in [2.05, 4.69) is 32.1 Å². The van der Waals surface area contributed by atoms with Gasteiger partial charge in [-0.15, -0.1) is 0 Å². The number of methoxy groups -OCH3 is 1. The number of carbonyl (C=O) groups is 1. The lowest BCUT2D eigenvalue weighted by molar-refractivity contribution is 0.0707. The zero-order chi connectivity index (χ0) is 29.7. The number of carbonyl (C=O) groups excluding carboxylic acids is 1. The Hall–Kier alpha value is -4.38. The van der Waals surface area contributed by atoms with E-state index in [-0.39, 0.29) is 11.9 Å². The molecule has 43 heavy (non-hydrogen) atoms. The van der Waals surface area contributed by atoms with Crippen LogP contribution in [0.15, 0.2) is 43.0 Å². The van der Waals surface area contributed by atoms with Gasteiger partial charge in [0, 0.05) is 61.4 Å². The van der Waals surface area contributed by atoms with Gasteiger partial charge in [0.2, 0.25) is 5.88 Å². The number of imidazole rings is 1. The fourth-order valence-electron chi connectivity index (χ4n) is 6.29. The number of pyridine rings is 2. The number of fused-ring (bicyclic) bond motifs is 2. The van der Waals surface area contributed by atoms with Crippen LogP contribution in [0.2, 0.25) is 0 Å². The molecule has 0 radical (unpaired) electrons. The van der Waals surface area contributed by atoms with E-state index in [1.807, 2.05) is 36.4 Å². The van der Waals surface area contributed by atoms with Gasteiger partial charge >= 0.3 is 0 Å². The lowest BCUT2D eigenvalue weighted by Gasteiger charge is -2.30. The summed E-state index contributed by atoms with van der Waals surface area (Å²) in [5, 5.41) is 6.12. The molecule has 0 unspecified atom stereocenters. The van der Waals surface area contributed by atoms with Gasteiger partial charge in [-0.3, -0.25) is 4.79 Å². The summed E-state index contributed by atoms with van der Waals surface area (Å²) in [6.45, 7) is 7.35. The standard InChI is InChI=1S/C32H38N8O3/c1-20-28(36-40-18-24(16-27(42-3)29(20)40)32(41)38-11-4-5-25(33)19-38)26-15-23-8-9-35-31(30(23)39(26)17-22-6-7-22)43-14-13-37-12-10-34-21(37)2/h8-10,12,15-16,18,22,25H,4-7,11,13-14,17,19,33H2,1-3H3/t25-/m1/s1. The van der Waals surface area contributed by atoms with Crippen molar-refractivity contribution >= 4 is 22.3 Å². The van der Waals surface area contributed by atoms with E-state index in [9.17, 15) is 4.79 Å². The summed E-state index contributed by atoms with van der Waals surface area (Å²) in [7, 11) is 1.64. The number of nitrogens with zero attached hydrogens (tertiary/aromatic N) is 7. The molecule has 0 aromatic carbocycles. The SMILES string of the molecule is COc1cc(C(=O)N2CCC[C@@H](N)C2)cn2nc(-c3cc4ccnc(OCCn5ccnc5C)c4n3CC3CC3)c(C)c12. The molecule has 0 bridgehead atoms. The van der Waals surface area contributed by atoms with Crippen LogP contribution in [0.5, 0.6) is 11.6 Å². The highest BCUT2D eigenvalue weighted by atomic mass is 16.5. The first kappa shape index (κ1) is 27.5. The fraction of sp³-hybridized carbons (Fsp3) is 0.438. The molecule has 7 rings (SSSR count). The summed E-state index contributed by atoms with van der Waals surface area (Å²) in [6.07, 6.45) is 11.6. The Morgan fingerprint density at radius 2 is 1.98 bits per heavy atom. The predicted octanol–water partition coefficient (Wildman–Crippen LogP) is 4.23. The molecular formula is C32H38N8O3. The van der Waals surface area contributed by atoms with E-state index in [4.69, 9.17) is 20.3 Å². The number of hydrogen-bond donors (Lipinski definition) is 1. The van der Waals surface area contributed by atoms with E-state index in [0.29, 0.717) is 49.4 Å². The van der Waals surface area contributed by atoms with Gasteiger partial charge in [0.1, 0.15) is 34.9 Å². The Bertz CT molecular complexity index is 1810. The average Bonchev–Trinajstić information content (AvgIpc) is 3.49. The van der Waals surface area contributed by atoms with E-state index in [1.54, 1.807) is 24.0 Å². The summed E-state index contributed by atoms with van der Waals surface area (Å²) in [5.74, 6) is 2.76. The smallest absolute Gasteiger partial charge is 0.255 e. The molecule has 1 amide bonds. The first-order valence-corrected chi connectivity index (χ1v) is 15.1. The van der Waals surface area contributed by atoms with Gasteiger partial charge in [-0.2, -0.15) is 5.10 Å². The summed E-state index contributed by atoms with van der Waals surface area (Å²) in [6, 6.07) is 6.04. The molecule has 0 spiro atoms. The van der Waals surface area contributed by atoms with Gasteiger partial charge in [0.25, 0.3) is 5.91 Å². The Kier molecular flexibility index (Phi) is 7.04. The fourth-order valence-corrected chi connectivity index (χ4v) is 6.29. The van der Waals surface area contributed by atoms with Crippen molar-refractivity contribution in [3.05, 3.63) is 59.9 Å². The number of piperidine rings is 1. The van der Waals surface area contributed by atoms with Crippen molar-refractivity contribution < 1.29 is 14.3 Å². The van der Waals surface area contributed by atoms with Crippen molar-refractivity contribution in [1.82, 2.24) is 33.6 Å². The third-order valence-electron chi connectivity index (χ3n) is 8.79. The Balaban J connectivity index is 1.29. The number of likely N-dealkylation sites (tertiary alicyclic amines) is 1. The third-order valence-corrected chi connectivity index (χ3v) is 8.79. The van der Waals surface area contributed by atoms with Gasteiger partial charge in [0.05, 0.1) is 24.9 Å². The number of hydrogen-bond acceptors (Lipinski definition) is 7. The van der Waals surface area contributed by atoms with Crippen molar-refractivity contribution in [3.8, 4) is 23.0 Å². The van der Waals surface area contributed by atoms with Gasteiger partial charge in [-0.05, 0) is 63.6 Å². The van der Waals surface area contributed by atoms with Crippen LogP contribution in [0.4, 0.5) is 0 Å². The maximum absolute atomic E-state index is 13.5. The van der Waals surface area contributed by atoms with E-state index >= 15 is 0 Å². The monoisotopic (exact) mass is 582 g/mol. The molecular weight excluding hydrogens is 544 g/mol. The molecule has 5 aromatic rings. The van der Waals surface area contributed by atoms with E-state index in [1.165, 1.54) is 12.8 Å². The highest BCUT2D eigenvalue weighted by Gasteiger charge is 2.29. The third kappa shape index (κ3) is 5.11. The number of rotatable bonds is 9. The highest BCUT2D eigenvalue weighted by molar-refractivity contribution is 5.96. The molecule has 2 N–H and O–H groups in total. The van der Waals surface area contributed by atoms with Gasteiger partial charge in [-0.25, -0.2) is 14.5 Å². The van der Waals surface area contributed by atoms with Crippen LogP contribution in [0.25, 0.3) is 27.8 Å². The lowest BCUT2D eigenvalue weighted by Crippen LogP contribution is -2.45. The zero-order valence-electron chi connectivity index (χ0n) is 25.0. The first-order chi connectivity index (χ1) is 20.9. The maximum atomic E-state index is 13.5. The van der Waals surface area contributed by atoms with Crippen LogP contribution in [-0.4, -0.2) is 72.4 Å². The molecule has 1 saturated carbocycles. The van der Waals surface area contributed by atoms with E-state index in [0.717, 1.165) is 58.6 Å². The summed E-state index contributed by atoms with van der Waals surface area (Å²) in [4.78, 5) is 24.3. The molecule has 2 aliphatic rings. The summed E-state index contributed by atoms with van der Waals surface area (Å²) >= 11 is 0. The van der Waals surface area contributed by atoms with Crippen molar-refractivity contribution in [2.75, 3.05) is 26.8 Å². The Morgan fingerprint density at radius 3 is 2.72 bits per heavy atom. The molecule has 1 atom stereocenters. The van der Waals surface area contributed by atoms with Crippen molar-refractivity contribution in [1.29, 1.82) is 0 Å². The lowest BCUT2D eigenvalue weighted by atomic mass is 10.1. The van der Waals surface area contributed by atoms with Crippen molar-refractivity contribution in [2.45, 2.75) is 58.7 Å². The Labute approximate surface area is 250 Å². The number of aryl methyl sites for hydroxylation is 2. The molecule has 11 nitrogen and oxygen atoms in total. The van der Waals surface area contributed by atoms with Crippen LogP contribution in [-0.2, 0) is 13.1 Å². The number of ether oxygens (including phenoxy) is 2. The first-order valence-electron chi connectivity index (χ1n) is 15.1. The quantitative estimate of drug-likeness (QED) is 0.276. The summed E-state index contributed by atoms with van der Waals surface area (Å²) in [5.41, 5.74) is 11.4. The van der Waals surface area contributed by atoms with Crippen LogP contribution in [0, 0.1) is 19.8 Å². The van der Waals surface area contributed by atoms with Crippen LogP contribution in [0.3, 0.4) is 0 Å². The molecule has 6 heterocycles. The van der Waals surface area contributed by atoms with Crippen molar-refractivity contribution in [3.63, 3.8) is 0 Å². The molecule has 1 aliphatic heterocycles. The van der Waals surface area contributed by atoms with Crippen LogP contribution < -0.4 is 15.2 Å². The maximum Gasteiger partial charge on any atom is 0.255 e. The van der Waals surface area contributed by atoms with Crippen LogP contribution in [0.1, 0.15) is 47.4 Å². The van der Waals surface area contributed by atoms with Crippen LogP contribution >= 0.6 is 0 Å². The minimum absolute atomic E-state index is 0.00800. The molecule has 1 saturated heterocycles. The normalized spacial score (nSPS) is 17.2. The second-order valence-corrected chi connectivity index (χ2v) is 11.9. The largest absolute Gasteiger partial charge is 0.494 e. The second-order valence-electron chi connectivity index (χ2n) is 11.9. The van der Waals surface area contributed by atoms with E-state index < -0.39 is 0 Å². The molecule has 1 aliphatic carbocycles. The summed E-state index contributed by atoms with van der Waals surface area (Å²) < 4.78 is 18.3. The second kappa shape index (κ2) is 11.0. The minimum Gasteiger partial charge on any atom is -0.494 e. The number of nitrogens with two attached hydrogens (primary N) is 1. The molecule has 2 fully saturated rings. The van der Waals surface area contributed by atoms with Crippen molar-refractivity contribution in [2.24, 2.45) is 11.7 Å². The topological polar surface area (TPSA) is 118 Å². The molecule has 224 valence electrons. The number of amides is 1.